The van der Waals surface area contributed by atoms with Crippen LogP contribution in [0.3, 0.4) is 0 Å². The maximum Gasteiger partial charge on any atom is 0.333 e. The number of benzene rings is 3. The van der Waals surface area contributed by atoms with Gasteiger partial charge in [-0.05, 0) is 65.7 Å². The third kappa shape index (κ3) is 5.24. The molecular formula is C23H13Cl5N2O3. The third-order valence-corrected chi connectivity index (χ3v) is 6.21. The predicted octanol–water partition coefficient (Wildman–Crippen LogP) is 7.63. The fourth-order valence-electron chi connectivity index (χ4n) is 3.11. The van der Waals surface area contributed by atoms with Crippen LogP contribution in [0, 0.1) is 0 Å². The molecular weight excluding hydrogens is 530 g/mol. The van der Waals surface area contributed by atoms with Gasteiger partial charge in [0.15, 0.2) is 5.75 Å². The molecule has 3 amide bonds. The SMILES string of the molecule is O=C1N/C(=C/c2cc(Cl)c(OCc3ccc(Cl)c(Cl)c3)c(Cl)c2)C(=O)N1c1ccc(Cl)cc1. The molecule has 1 aliphatic heterocycles. The lowest BCUT2D eigenvalue weighted by molar-refractivity contribution is -0.113. The van der Waals surface area contributed by atoms with Gasteiger partial charge >= 0.3 is 6.03 Å². The van der Waals surface area contributed by atoms with Crippen LogP contribution in [0.15, 0.2) is 60.3 Å². The van der Waals surface area contributed by atoms with Crippen LogP contribution in [-0.4, -0.2) is 11.9 Å². The van der Waals surface area contributed by atoms with Gasteiger partial charge in [-0.15, -0.1) is 0 Å². The fraction of sp³-hybridized carbons (Fsp3) is 0.0435. The Morgan fingerprint density at radius 1 is 0.818 bits per heavy atom. The molecule has 0 saturated carbocycles. The second-order valence-electron chi connectivity index (χ2n) is 6.96. The van der Waals surface area contributed by atoms with Crippen molar-refractivity contribution in [2.75, 3.05) is 4.90 Å². The van der Waals surface area contributed by atoms with Crippen LogP contribution >= 0.6 is 58.0 Å². The van der Waals surface area contributed by atoms with E-state index in [-0.39, 0.29) is 28.1 Å². The molecule has 0 bridgehead atoms. The minimum atomic E-state index is -0.577. The van der Waals surface area contributed by atoms with E-state index in [0.717, 1.165) is 10.5 Å². The van der Waals surface area contributed by atoms with Crippen LogP contribution in [0.5, 0.6) is 5.75 Å². The van der Waals surface area contributed by atoms with Crippen molar-refractivity contribution in [1.82, 2.24) is 5.32 Å². The molecule has 0 atom stereocenters. The zero-order chi connectivity index (χ0) is 23.7. The number of amides is 3. The zero-order valence-electron chi connectivity index (χ0n) is 16.5. The zero-order valence-corrected chi connectivity index (χ0v) is 20.3. The van der Waals surface area contributed by atoms with Crippen molar-refractivity contribution in [3.05, 3.63) is 96.5 Å². The van der Waals surface area contributed by atoms with Crippen molar-refractivity contribution in [2.45, 2.75) is 6.61 Å². The first kappa shape index (κ1) is 23.7. The molecule has 0 aromatic heterocycles. The summed E-state index contributed by atoms with van der Waals surface area (Å²) in [7, 11) is 0. The standard InChI is InChI=1S/C23H13Cl5N2O3/c24-14-2-4-15(5-3-14)30-22(31)20(29-23(30)32)10-13-8-18(27)21(19(28)9-13)33-11-12-1-6-16(25)17(26)7-12/h1-10H,11H2,(H,29,32)/b20-10+. The summed E-state index contributed by atoms with van der Waals surface area (Å²) in [6.45, 7) is 0.168. The molecule has 1 N–H and O–H groups in total. The average molecular weight is 543 g/mol. The molecule has 33 heavy (non-hydrogen) atoms. The van der Waals surface area contributed by atoms with Crippen LogP contribution in [0.2, 0.25) is 25.1 Å². The lowest BCUT2D eigenvalue weighted by Gasteiger charge is -2.12. The highest BCUT2D eigenvalue weighted by atomic mass is 35.5. The smallest absolute Gasteiger partial charge is 0.333 e. The molecule has 0 radical (unpaired) electrons. The Kier molecular flexibility index (Phi) is 7.07. The first-order valence-corrected chi connectivity index (χ1v) is 11.3. The van der Waals surface area contributed by atoms with Crippen molar-refractivity contribution in [1.29, 1.82) is 0 Å². The summed E-state index contributed by atoms with van der Waals surface area (Å²) >= 11 is 30.6. The number of nitrogens with one attached hydrogen (secondary N) is 1. The number of imide groups is 1. The van der Waals surface area contributed by atoms with Crippen LogP contribution in [0.1, 0.15) is 11.1 Å². The van der Waals surface area contributed by atoms with Gasteiger partial charge in [-0.2, -0.15) is 0 Å². The molecule has 1 heterocycles. The number of nitrogens with zero attached hydrogens (tertiary/aromatic N) is 1. The van der Waals surface area contributed by atoms with Crippen LogP contribution in [-0.2, 0) is 11.4 Å². The first-order chi connectivity index (χ1) is 15.7. The summed E-state index contributed by atoms with van der Waals surface area (Å²) < 4.78 is 5.75. The molecule has 0 aliphatic carbocycles. The summed E-state index contributed by atoms with van der Waals surface area (Å²) in [6, 6.07) is 14.1. The number of ether oxygens (including phenoxy) is 1. The van der Waals surface area contributed by atoms with E-state index < -0.39 is 11.9 Å². The highest BCUT2D eigenvalue weighted by Gasteiger charge is 2.34. The van der Waals surface area contributed by atoms with Crippen LogP contribution < -0.4 is 15.0 Å². The third-order valence-electron chi connectivity index (χ3n) is 4.66. The summed E-state index contributed by atoms with van der Waals surface area (Å²) in [4.78, 5) is 26.2. The van der Waals surface area contributed by atoms with E-state index >= 15 is 0 Å². The van der Waals surface area contributed by atoms with Gasteiger partial charge in [0.2, 0.25) is 0 Å². The van der Waals surface area contributed by atoms with Crippen LogP contribution in [0.4, 0.5) is 10.5 Å². The van der Waals surface area contributed by atoms with Gasteiger partial charge in [-0.1, -0.05) is 64.1 Å². The lowest BCUT2D eigenvalue weighted by Crippen LogP contribution is -2.30. The lowest BCUT2D eigenvalue weighted by atomic mass is 10.1. The normalized spacial score (nSPS) is 14.7. The van der Waals surface area contributed by atoms with Crippen molar-refractivity contribution < 1.29 is 14.3 Å². The molecule has 1 saturated heterocycles. The Morgan fingerprint density at radius 3 is 2.12 bits per heavy atom. The number of urea groups is 1. The number of rotatable bonds is 5. The molecule has 0 spiro atoms. The number of anilines is 1. The molecule has 5 nitrogen and oxygen atoms in total. The minimum absolute atomic E-state index is 0.0755. The molecule has 168 valence electrons. The van der Waals surface area contributed by atoms with E-state index in [1.165, 1.54) is 6.08 Å². The number of hydrogen-bond acceptors (Lipinski definition) is 3. The largest absolute Gasteiger partial charge is 0.486 e. The van der Waals surface area contributed by atoms with E-state index in [2.05, 4.69) is 5.32 Å². The summed E-state index contributed by atoms with van der Waals surface area (Å²) in [5, 5.41) is 4.37. The Morgan fingerprint density at radius 2 is 1.48 bits per heavy atom. The van der Waals surface area contributed by atoms with Gasteiger partial charge in [-0.3, -0.25) is 4.79 Å². The minimum Gasteiger partial charge on any atom is -0.486 e. The second kappa shape index (κ2) is 9.84. The average Bonchev–Trinajstić information content (AvgIpc) is 3.03. The highest BCUT2D eigenvalue weighted by molar-refractivity contribution is 6.42. The summed E-state index contributed by atoms with van der Waals surface area (Å²) in [6.07, 6.45) is 1.48. The number of hydrogen-bond donors (Lipinski definition) is 1. The Labute approximate surface area is 214 Å². The van der Waals surface area contributed by atoms with E-state index in [1.54, 1.807) is 54.6 Å². The number of carbonyl (C=O) groups is 2. The van der Waals surface area contributed by atoms with Crippen molar-refractivity contribution in [2.24, 2.45) is 0 Å². The first-order valence-electron chi connectivity index (χ1n) is 9.41. The van der Waals surface area contributed by atoms with E-state index in [1.807, 2.05) is 0 Å². The molecule has 1 aliphatic rings. The maximum atomic E-state index is 12.8. The monoisotopic (exact) mass is 540 g/mol. The van der Waals surface area contributed by atoms with E-state index in [4.69, 9.17) is 62.7 Å². The highest BCUT2D eigenvalue weighted by Crippen LogP contribution is 2.36. The van der Waals surface area contributed by atoms with Crippen molar-refractivity contribution >= 4 is 81.7 Å². The molecule has 0 unspecified atom stereocenters. The summed E-state index contributed by atoms with van der Waals surface area (Å²) in [5.41, 5.74) is 1.76. The maximum absolute atomic E-state index is 12.8. The molecule has 4 rings (SSSR count). The van der Waals surface area contributed by atoms with Gasteiger partial charge in [0.05, 0.1) is 25.8 Å². The van der Waals surface area contributed by atoms with Gasteiger partial charge < -0.3 is 10.1 Å². The van der Waals surface area contributed by atoms with Gasteiger partial charge in [0.1, 0.15) is 12.3 Å². The quantitative estimate of drug-likeness (QED) is 0.266. The summed E-state index contributed by atoms with van der Waals surface area (Å²) in [5.74, 6) is -0.245. The van der Waals surface area contributed by atoms with Gasteiger partial charge in [-0.25, -0.2) is 9.69 Å². The Bertz CT molecular complexity index is 1270. The second-order valence-corrected chi connectivity index (χ2v) is 9.02. The van der Waals surface area contributed by atoms with Gasteiger partial charge in [0, 0.05) is 5.02 Å². The Hall–Kier alpha value is -2.41. The van der Waals surface area contributed by atoms with Gasteiger partial charge in [0.25, 0.3) is 5.91 Å². The Balaban J connectivity index is 1.54. The van der Waals surface area contributed by atoms with Crippen molar-refractivity contribution in [3.63, 3.8) is 0 Å². The predicted molar refractivity (Wildman–Crippen MR) is 133 cm³/mol. The molecule has 3 aromatic rings. The molecule has 1 fully saturated rings. The topological polar surface area (TPSA) is 58.6 Å². The van der Waals surface area contributed by atoms with E-state index in [9.17, 15) is 9.59 Å². The van der Waals surface area contributed by atoms with E-state index in [0.29, 0.717) is 26.3 Å². The fourth-order valence-corrected chi connectivity index (χ4v) is 4.17. The van der Waals surface area contributed by atoms with Crippen molar-refractivity contribution in [3.8, 4) is 5.75 Å². The molecule has 3 aromatic carbocycles. The number of halogens is 5. The number of carbonyl (C=O) groups excluding carboxylic acids is 2. The molecule has 10 heteroatoms. The van der Waals surface area contributed by atoms with Crippen LogP contribution in [0.25, 0.3) is 6.08 Å².